The van der Waals surface area contributed by atoms with Crippen LogP contribution in [0.2, 0.25) is 0 Å². The van der Waals surface area contributed by atoms with E-state index in [9.17, 15) is 5.11 Å². The quantitative estimate of drug-likeness (QED) is 0.675. The Morgan fingerprint density at radius 3 is 2.55 bits per heavy atom. The molecule has 4 rings (SSSR count). The number of fused-ring (bicyclic) bond motifs is 5. The minimum Gasteiger partial charge on any atom is -0.393 e. The first-order valence-electron chi connectivity index (χ1n) is 9.21. The second-order valence-electron chi connectivity index (χ2n) is 9.17. The predicted molar refractivity (Wildman–Crippen MR) is 82.4 cm³/mol. The first-order valence-corrected chi connectivity index (χ1v) is 9.21. The number of aliphatic hydroxyl groups is 1. The van der Waals surface area contributed by atoms with Crippen molar-refractivity contribution in [1.29, 1.82) is 0 Å². The van der Waals surface area contributed by atoms with Crippen LogP contribution in [0.5, 0.6) is 0 Å². The molecule has 114 valence electrons. The Morgan fingerprint density at radius 1 is 0.850 bits per heavy atom. The molecule has 0 amide bonds. The molecular formula is C19H32O. The summed E-state index contributed by atoms with van der Waals surface area (Å²) in [5.41, 5.74) is 1.25. The van der Waals surface area contributed by atoms with Crippen molar-refractivity contribution in [3.05, 3.63) is 0 Å². The molecule has 0 heterocycles. The second-order valence-corrected chi connectivity index (χ2v) is 9.17. The third-order valence-electron chi connectivity index (χ3n) is 8.42. The summed E-state index contributed by atoms with van der Waals surface area (Å²) in [7, 11) is 0. The van der Waals surface area contributed by atoms with Crippen molar-refractivity contribution in [2.45, 2.75) is 84.2 Å². The van der Waals surface area contributed by atoms with E-state index < -0.39 is 0 Å². The molecule has 1 nitrogen and oxygen atoms in total. The van der Waals surface area contributed by atoms with Crippen LogP contribution < -0.4 is 0 Å². The normalized spacial score (nSPS) is 58.6. The lowest BCUT2D eigenvalue weighted by molar-refractivity contribution is -0.120. The largest absolute Gasteiger partial charge is 0.393 e. The van der Waals surface area contributed by atoms with Crippen LogP contribution >= 0.6 is 0 Å². The third-order valence-corrected chi connectivity index (χ3v) is 8.42. The van der Waals surface area contributed by atoms with Gasteiger partial charge in [-0.15, -0.1) is 0 Å². The molecule has 7 atom stereocenters. The smallest absolute Gasteiger partial charge is 0.0543 e. The summed E-state index contributed by atoms with van der Waals surface area (Å²) in [6.07, 6.45) is 13.8. The standard InChI is InChI=1S/C19H32O/c1-18-9-3-4-16(18)15-6-5-13-12-14(20)7-11-19(13,2)17(15)8-10-18/h13-17,20H,3-12H2,1-2H3/t13?,14?,15-,16-,17-,18-,19-/m0/s1. The molecule has 0 saturated heterocycles. The summed E-state index contributed by atoms with van der Waals surface area (Å²) < 4.78 is 0. The van der Waals surface area contributed by atoms with Gasteiger partial charge in [0, 0.05) is 0 Å². The Morgan fingerprint density at radius 2 is 1.70 bits per heavy atom. The van der Waals surface area contributed by atoms with Crippen LogP contribution in [-0.2, 0) is 0 Å². The van der Waals surface area contributed by atoms with Crippen LogP contribution in [-0.4, -0.2) is 11.2 Å². The molecule has 2 unspecified atom stereocenters. The van der Waals surface area contributed by atoms with Crippen LogP contribution in [0.25, 0.3) is 0 Å². The molecule has 1 heteroatoms. The Labute approximate surface area is 124 Å². The van der Waals surface area contributed by atoms with Gasteiger partial charge in [-0.3, -0.25) is 0 Å². The van der Waals surface area contributed by atoms with Crippen LogP contribution in [0.3, 0.4) is 0 Å². The molecule has 0 radical (unpaired) electrons. The maximum Gasteiger partial charge on any atom is 0.0543 e. The van der Waals surface area contributed by atoms with Gasteiger partial charge in [-0.2, -0.15) is 0 Å². The zero-order valence-corrected chi connectivity index (χ0v) is 13.4. The molecule has 4 aliphatic rings. The molecule has 1 N–H and O–H groups in total. The van der Waals surface area contributed by atoms with Crippen LogP contribution in [0.15, 0.2) is 0 Å². The van der Waals surface area contributed by atoms with Gasteiger partial charge in [0.2, 0.25) is 0 Å². The number of hydrogen-bond acceptors (Lipinski definition) is 1. The summed E-state index contributed by atoms with van der Waals surface area (Å²) in [4.78, 5) is 0. The van der Waals surface area contributed by atoms with Crippen LogP contribution in [0, 0.1) is 34.5 Å². The van der Waals surface area contributed by atoms with E-state index >= 15 is 0 Å². The average molecular weight is 276 g/mol. The van der Waals surface area contributed by atoms with Gasteiger partial charge in [0.15, 0.2) is 0 Å². The molecule has 0 bridgehead atoms. The average Bonchev–Trinajstić information content (AvgIpc) is 2.81. The minimum absolute atomic E-state index is 0.00459. The Hall–Kier alpha value is -0.0400. The van der Waals surface area contributed by atoms with Crippen molar-refractivity contribution < 1.29 is 5.11 Å². The molecule has 0 aromatic rings. The van der Waals surface area contributed by atoms with E-state index in [-0.39, 0.29) is 6.10 Å². The van der Waals surface area contributed by atoms with Gasteiger partial charge in [0.1, 0.15) is 0 Å². The fraction of sp³-hybridized carbons (Fsp3) is 1.00. The maximum absolute atomic E-state index is 10.0. The zero-order chi connectivity index (χ0) is 14.0. The van der Waals surface area contributed by atoms with Gasteiger partial charge < -0.3 is 5.11 Å². The van der Waals surface area contributed by atoms with Crippen LogP contribution in [0.4, 0.5) is 0 Å². The lowest BCUT2D eigenvalue weighted by Gasteiger charge is -2.60. The van der Waals surface area contributed by atoms with E-state index in [0.717, 1.165) is 36.5 Å². The summed E-state index contributed by atoms with van der Waals surface area (Å²) >= 11 is 0. The van der Waals surface area contributed by atoms with Crippen molar-refractivity contribution in [2.24, 2.45) is 34.5 Å². The van der Waals surface area contributed by atoms with Crippen molar-refractivity contribution in [3.63, 3.8) is 0 Å². The topological polar surface area (TPSA) is 20.2 Å². The van der Waals surface area contributed by atoms with Crippen molar-refractivity contribution >= 4 is 0 Å². The van der Waals surface area contributed by atoms with Crippen molar-refractivity contribution in [1.82, 2.24) is 0 Å². The Balaban J connectivity index is 1.62. The Bertz CT molecular complexity index is 391. The highest BCUT2D eigenvalue weighted by atomic mass is 16.3. The Kier molecular flexibility index (Phi) is 3.05. The number of hydrogen-bond donors (Lipinski definition) is 1. The van der Waals surface area contributed by atoms with E-state index in [1.165, 1.54) is 51.4 Å². The molecule has 4 fully saturated rings. The van der Waals surface area contributed by atoms with Gasteiger partial charge in [0.05, 0.1) is 6.10 Å². The molecule has 4 aliphatic carbocycles. The van der Waals surface area contributed by atoms with Crippen molar-refractivity contribution in [2.75, 3.05) is 0 Å². The molecule has 4 saturated carbocycles. The SMILES string of the molecule is C[C@@]12CCC[C@H]1[C@@H]1CCC3CC(O)CC[C@]3(C)[C@H]1CC2. The van der Waals surface area contributed by atoms with E-state index in [0.29, 0.717) is 10.8 Å². The van der Waals surface area contributed by atoms with Crippen molar-refractivity contribution in [3.8, 4) is 0 Å². The minimum atomic E-state index is 0.00459. The molecule has 0 aromatic carbocycles. The summed E-state index contributed by atoms with van der Waals surface area (Å²) in [6, 6.07) is 0. The van der Waals surface area contributed by atoms with E-state index in [1.54, 1.807) is 0 Å². The van der Waals surface area contributed by atoms with Gasteiger partial charge in [-0.05, 0) is 92.3 Å². The maximum atomic E-state index is 10.0. The molecule has 20 heavy (non-hydrogen) atoms. The molecule has 0 aliphatic heterocycles. The molecule has 0 aromatic heterocycles. The van der Waals surface area contributed by atoms with E-state index in [4.69, 9.17) is 0 Å². The first kappa shape index (κ1) is 13.6. The summed E-state index contributed by atoms with van der Waals surface area (Å²) in [5.74, 6) is 3.85. The van der Waals surface area contributed by atoms with Gasteiger partial charge in [0.25, 0.3) is 0 Å². The molecular weight excluding hydrogens is 244 g/mol. The lowest BCUT2D eigenvalue weighted by atomic mass is 9.45. The lowest BCUT2D eigenvalue weighted by Crippen LogP contribution is -2.53. The summed E-state index contributed by atoms with van der Waals surface area (Å²) in [6.45, 7) is 5.19. The fourth-order valence-corrected chi connectivity index (χ4v) is 7.23. The van der Waals surface area contributed by atoms with Gasteiger partial charge in [-0.1, -0.05) is 20.3 Å². The highest BCUT2D eigenvalue weighted by Gasteiger charge is 2.57. The van der Waals surface area contributed by atoms with E-state index in [1.807, 2.05) is 0 Å². The number of rotatable bonds is 0. The molecule has 0 spiro atoms. The second kappa shape index (κ2) is 4.48. The zero-order valence-electron chi connectivity index (χ0n) is 13.4. The monoisotopic (exact) mass is 276 g/mol. The van der Waals surface area contributed by atoms with Crippen LogP contribution in [0.1, 0.15) is 78.1 Å². The highest BCUT2D eigenvalue weighted by molar-refractivity contribution is 5.07. The number of aliphatic hydroxyl groups excluding tert-OH is 1. The highest BCUT2D eigenvalue weighted by Crippen LogP contribution is 2.66. The van der Waals surface area contributed by atoms with Gasteiger partial charge >= 0.3 is 0 Å². The summed E-state index contributed by atoms with van der Waals surface area (Å²) in [5, 5.41) is 10.0. The van der Waals surface area contributed by atoms with Gasteiger partial charge in [-0.25, -0.2) is 0 Å². The first-order chi connectivity index (χ1) is 9.53. The van der Waals surface area contributed by atoms with E-state index in [2.05, 4.69) is 13.8 Å². The third kappa shape index (κ3) is 1.77. The fourth-order valence-electron chi connectivity index (χ4n) is 7.23. The predicted octanol–water partition coefficient (Wildman–Crippen LogP) is 4.78.